The van der Waals surface area contributed by atoms with Crippen molar-refractivity contribution in [2.24, 2.45) is 0 Å². The largest absolute Gasteiger partial charge is 0.378 e. The molecule has 8 nitrogen and oxygen atoms in total. The zero-order valence-electron chi connectivity index (χ0n) is 14.6. The molecule has 0 N–H and O–H groups in total. The summed E-state index contributed by atoms with van der Waals surface area (Å²) < 4.78 is 9.70. The van der Waals surface area contributed by atoms with Gasteiger partial charge in [0.1, 0.15) is 11.6 Å². The van der Waals surface area contributed by atoms with E-state index in [1.54, 1.807) is 0 Å². The first kappa shape index (κ1) is 16.5. The second-order valence-electron chi connectivity index (χ2n) is 6.44. The van der Waals surface area contributed by atoms with Crippen LogP contribution in [0.5, 0.6) is 0 Å². The van der Waals surface area contributed by atoms with Gasteiger partial charge in [-0.15, -0.1) is 0 Å². The highest BCUT2D eigenvalue weighted by Crippen LogP contribution is 2.26. The molecule has 134 valence electrons. The summed E-state index contributed by atoms with van der Waals surface area (Å²) in [5, 5.41) is 1.02. The molecule has 0 spiro atoms. The maximum absolute atomic E-state index is 5.41. The highest BCUT2D eigenvalue weighted by molar-refractivity contribution is 7.09. The minimum absolute atomic E-state index is 0.414. The lowest BCUT2D eigenvalue weighted by atomic mass is 10.2. The number of rotatable bonds is 4. The van der Waals surface area contributed by atoms with E-state index >= 15 is 0 Å². The molecule has 9 heteroatoms. The molecular formula is C16H23N7OS. The van der Waals surface area contributed by atoms with Crippen LogP contribution in [0.1, 0.15) is 12.2 Å². The fraction of sp³-hybridized carbons (Fsp3) is 0.625. The van der Waals surface area contributed by atoms with Crippen molar-refractivity contribution in [2.75, 3.05) is 61.1 Å². The summed E-state index contributed by atoms with van der Waals surface area (Å²) in [6.07, 6.45) is 2.94. The number of hydrogen-bond donors (Lipinski definition) is 0. The third-order valence-electron chi connectivity index (χ3n) is 4.78. The number of nitrogens with zero attached hydrogens (tertiary/aromatic N) is 7. The van der Waals surface area contributed by atoms with Crippen molar-refractivity contribution in [1.82, 2.24) is 19.3 Å². The van der Waals surface area contributed by atoms with Crippen LogP contribution >= 0.6 is 11.5 Å². The molecule has 2 aromatic rings. The zero-order valence-corrected chi connectivity index (χ0v) is 15.4. The Hall–Kier alpha value is -2.00. The average molecular weight is 361 g/mol. The number of ether oxygens (including phenoxy) is 1. The lowest BCUT2D eigenvalue weighted by Crippen LogP contribution is -2.38. The van der Waals surface area contributed by atoms with Gasteiger partial charge in [0, 0.05) is 57.0 Å². The van der Waals surface area contributed by atoms with Crippen molar-refractivity contribution in [3.63, 3.8) is 0 Å². The van der Waals surface area contributed by atoms with Crippen LogP contribution in [0.4, 0.5) is 16.9 Å². The molecule has 0 aromatic carbocycles. The molecule has 0 amide bonds. The van der Waals surface area contributed by atoms with Gasteiger partial charge in [0.25, 0.3) is 0 Å². The molecule has 4 heterocycles. The Morgan fingerprint density at radius 2 is 2.04 bits per heavy atom. The molecular weight excluding hydrogens is 338 g/mol. The number of aryl methyl sites for hydroxylation is 1. The van der Waals surface area contributed by atoms with E-state index < -0.39 is 0 Å². The molecule has 4 rings (SSSR count). The summed E-state index contributed by atoms with van der Waals surface area (Å²) in [7, 11) is 2.12. The van der Waals surface area contributed by atoms with Crippen LogP contribution in [-0.4, -0.2) is 71.8 Å². The Bertz CT molecular complexity index is 718. The molecule has 2 aliphatic rings. The Morgan fingerprint density at radius 1 is 1.20 bits per heavy atom. The standard InChI is InChI=1S/C16H23N7OS/c1-12-18-16(25-20-12)23-6-4-13(11-23)21(2)14-3-5-17-15(19-14)22-7-9-24-10-8-22/h3,5,13H,4,6-11H2,1-2H3. The minimum Gasteiger partial charge on any atom is -0.378 e. The van der Waals surface area contributed by atoms with Gasteiger partial charge in [-0.1, -0.05) is 0 Å². The van der Waals surface area contributed by atoms with Crippen LogP contribution in [0.3, 0.4) is 0 Å². The van der Waals surface area contributed by atoms with Gasteiger partial charge in [-0.25, -0.2) is 9.97 Å². The molecule has 2 aromatic heterocycles. The molecule has 0 saturated carbocycles. The normalized spacial score (nSPS) is 21.0. The second kappa shape index (κ2) is 7.09. The van der Waals surface area contributed by atoms with E-state index in [1.807, 2.05) is 19.2 Å². The summed E-state index contributed by atoms with van der Waals surface area (Å²) in [5.74, 6) is 2.61. The van der Waals surface area contributed by atoms with E-state index in [9.17, 15) is 0 Å². The smallest absolute Gasteiger partial charge is 0.227 e. The van der Waals surface area contributed by atoms with E-state index in [2.05, 4.69) is 36.1 Å². The molecule has 1 unspecified atom stereocenters. The summed E-state index contributed by atoms with van der Waals surface area (Å²) >= 11 is 1.48. The van der Waals surface area contributed by atoms with Gasteiger partial charge in [-0.05, 0) is 19.4 Å². The number of anilines is 3. The highest BCUT2D eigenvalue weighted by atomic mass is 32.1. The van der Waals surface area contributed by atoms with Crippen LogP contribution in [0.15, 0.2) is 12.3 Å². The third kappa shape index (κ3) is 3.52. The van der Waals surface area contributed by atoms with Crippen LogP contribution in [0.25, 0.3) is 0 Å². The van der Waals surface area contributed by atoms with Crippen molar-refractivity contribution < 1.29 is 4.74 Å². The van der Waals surface area contributed by atoms with E-state index in [4.69, 9.17) is 9.72 Å². The lowest BCUT2D eigenvalue weighted by molar-refractivity contribution is 0.122. The first-order valence-electron chi connectivity index (χ1n) is 8.64. The maximum Gasteiger partial charge on any atom is 0.227 e. The zero-order chi connectivity index (χ0) is 17.2. The maximum atomic E-state index is 5.41. The molecule has 2 saturated heterocycles. The predicted octanol–water partition coefficient (Wildman–Crippen LogP) is 1.19. The van der Waals surface area contributed by atoms with Gasteiger partial charge in [-0.3, -0.25) is 0 Å². The minimum atomic E-state index is 0.414. The quantitative estimate of drug-likeness (QED) is 0.804. The van der Waals surface area contributed by atoms with Crippen molar-refractivity contribution in [3.05, 3.63) is 18.1 Å². The first-order valence-corrected chi connectivity index (χ1v) is 9.42. The van der Waals surface area contributed by atoms with E-state index in [-0.39, 0.29) is 0 Å². The predicted molar refractivity (Wildman–Crippen MR) is 98.7 cm³/mol. The highest BCUT2D eigenvalue weighted by Gasteiger charge is 2.28. The third-order valence-corrected chi connectivity index (χ3v) is 5.65. The Kier molecular flexibility index (Phi) is 4.67. The molecule has 25 heavy (non-hydrogen) atoms. The van der Waals surface area contributed by atoms with E-state index in [0.29, 0.717) is 6.04 Å². The molecule has 0 bridgehead atoms. The van der Waals surface area contributed by atoms with E-state index in [1.165, 1.54) is 11.5 Å². The van der Waals surface area contributed by atoms with Crippen LogP contribution in [0, 0.1) is 6.92 Å². The van der Waals surface area contributed by atoms with Crippen LogP contribution in [0.2, 0.25) is 0 Å². The molecule has 1 atom stereocenters. The van der Waals surface area contributed by atoms with Gasteiger partial charge in [0.15, 0.2) is 0 Å². The Balaban J connectivity index is 1.45. The van der Waals surface area contributed by atoms with Crippen molar-refractivity contribution in [2.45, 2.75) is 19.4 Å². The van der Waals surface area contributed by atoms with Crippen molar-refractivity contribution in [1.29, 1.82) is 0 Å². The van der Waals surface area contributed by atoms with Crippen molar-refractivity contribution in [3.8, 4) is 0 Å². The number of morpholine rings is 1. The molecule has 2 aliphatic heterocycles. The SMILES string of the molecule is Cc1nsc(N2CCC(N(C)c3ccnc(N4CCOCC4)n3)C2)n1. The molecule has 2 fully saturated rings. The fourth-order valence-electron chi connectivity index (χ4n) is 3.28. The summed E-state index contributed by atoms with van der Waals surface area (Å²) in [6.45, 7) is 7.06. The Morgan fingerprint density at radius 3 is 2.80 bits per heavy atom. The molecule has 0 radical (unpaired) electrons. The second-order valence-corrected chi connectivity index (χ2v) is 7.17. The van der Waals surface area contributed by atoms with Gasteiger partial charge in [-0.2, -0.15) is 9.36 Å². The van der Waals surface area contributed by atoms with Crippen LogP contribution < -0.4 is 14.7 Å². The van der Waals surface area contributed by atoms with E-state index in [0.717, 1.165) is 68.5 Å². The average Bonchev–Trinajstić information content (AvgIpc) is 3.31. The topological polar surface area (TPSA) is 70.5 Å². The summed E-state index contributed by atoms with van der Waals surface area (Å²) in [6, 6.07) is 2.40. The monoisotopic (exact) mass is 361 g/mol. The van der Waals surface area contributed by atoms with Gasteiger partial charge >= 0.3 is 0 Å². The van der Waals surface area contributed by atoms with Gasteiger partial charge in [0.2, 0.25) is 11.1 Å². The van der Waals surface area contributed by atoms with Gasteiger partial charge in [0.05, 0.1) is 13.2 Å². The number of aromatic nitrogens is 4. The first-order chi connectivity index (χ1) is 12.2. The fourth-order valence-corrected chi connectivity index (χ4v) is 3.99. The van der Waals surface area contributed by atoms with Crippen molar-refractivity contribution >= 4 is 28.4 Å². The number of hydrogen-bond acceptors (Lipinski definition) is 9. The number of likely N-dealkylation sites (N-methyl/N-ethyl adjacent to an activating group) is 1. The van der Waals surface area contributed by atoms with Gasteiger partial charge < -0.3 is 19.4 Å². The summed E-state index contributed by atoms with van der Waals surface area (Å²) in [5.41, 5.74) is 0. The summed E-state index contributed by atoms with van der Waals surface area (Å²) in [4.78, 5) is 20.5. The molecule has 0 aliphatic carbocycles. The Labute approximate surface area is 151 Å². The van der Waals surface area contributed by atoms with Crippen LogP contribution in [-0.2, 0) is 4.74 Å². The lowest BCUT2D eigenvalue weighted by Gasteiger charge is -2.29.